The number of hydrogen-bond donors (Lipinski definition) is 0. The third-order valence-electron chi connectivity index (χ3n) is 2.96. The van der Waals surface area contributed by atoms with Crippen LogP contribution in [0.5, 0.6) is 0 Å². The largest absolute Gasteiger partial charge is 0.444 e. The smallest absolute Gasteiger partial charge is 0.414 e. The van der Waals surface area contributed by atoms with Crippen molar-refractivity contribution < 1.29 is 9.53 Å². The first-order valence-electron chi connectivity index (χ1n) is 6.18. The predicted octanol–water partition coefficient (Wildman–Crippen LogP) is 3.77. The van der Waals surface area contributed by atoms with Crippen molar-refractivity contribution in [3.8, 4) is 0 Å². The summed E-state index contributed by atoms with van der Waals surface area (Å²) in [5, 5.41) is 0. The fourth-order valence-corrected chi connectivity index (χ4v) is 1.85. The van der Waals surface area contributed by atoms with Crippen LogP contribution in [-0.4, -0.2) is 13.1 Å². The Bertz CT molecular complexity index is 552. The van der Waals surface area contributed by atoms with Crippen LogP contribution >= 0.6 is 0 Å². The average Bonchev–Trinajstić information content (AvgIpc) is 2.45. The van der Waals surface area contributed by atoms with Gasteiger partial charge in [0.25, 0.3) is 0 Å². The number of aryl methyl sites for hydroxylation is 1. The molecule has 1 amide bonds. The molecule has 2 aromatic rings. The minimum atomic E-state index is -0.349. The van der Waals surface area contributed by atoms with Crippen LogP contribution in [0.25, 0.3) is 0 Å². The molecule has 0 radical (unpaired) electrons. The topological polar surface area (TPSA) is 29.5 Å². The molecule has 0 unspecified atom stereocenters. The first-order valence-corrected chi connectivity index (χ1v) is 6.18. The molecule has 0 saturated heterocycles. The summed E-state index contributed by atoms with van der Waals surface area (Å²) in [6, 6.07) is 17.4. The van der Waals surface area contributed by atoms with Gasteiger partial charge in [-0.15, -0.1) is 0 Å². The zero-order valence-electron chi connectivity index (χ0n) is 11.2. The molecule has 0 spiro atoms. The fourth-order valence-electron chi connectivity index (χ4n) is 1.85. The Hall–Kier alpha value is -2.29. The summed E-state index contributed by atoms with van der Waals surface area (Å²) in [4.78, 5) is 13.5. The van der Waals surface area contributed by atoms with Gasteiger partial charge in [-0.1, -0.05) is 48.5 Å². The van der Waals surface area contributed by atoms with Crippen molar-refractivity contribution in [1.82, 2.24) is 0 Å². The maximum atomic E-state index is 12.0. The van der Waals surface area contributed by atoms with E-state index < -0.39 is 0 Å². The maximum absolute atomic E-state index is 12.0. The number of nitrogens with zero attached hydrogens (tertiary/aromatic N) is 1. The van der Waals surface area contributed by atoms with E-state index in [2.05, 4.69) is 0 Å². The van der Waals surface area contributed by atoms with Crippen LogP contribution in [-0.2, 0) is 11.3 Å². The van der Waals surface area contributed by atoms with Gasteiger partial charge in [0.1, 0.15) is 6.61 Å². The molecule has 19 heavy (non-hydrogen) atoms. The molecule has 0 bridgehead atoms. The maximum Gasteiger partial charge on any atom is 0.414 e. The Morgan fingerprint density at radius 1 is 1.05 bits per heavy atom. The number of carbonyl (C=O) groups excluding carboxylic acids is 1. The van der Waals surface area contributed by atoms with Crippen molar-refractivity contribution in [2.75, 3.05) is 11.9 Å². The van der Waals surface area contributed by atoms with Crippen LogP contribution < -0.4 is 4.90 Å². The van der Waals surface area contributed by atoms with Gasteiger partial charge in [-0.05, 0) is 24.1 Å². The minimum Gasteiger partial charge on any atom is -0.444 e. The molecule has 2 rings (SSSR count). The lowest BCUT2D eigenvalue weighted by atomic mass is 10.2. The van der Waals surface area contributed by atoms with Crippen molar-refractivity contribution in [2.45, 2.75) is 13.5 Å². The number of anilines is 1. The van der Waals surface area contributed by atoms with E-state index in [-0.39, 0.29) is 12.7 Å². The van der Waals surface area contributed by atoms with Crippen LogP contribution in [0, 0.1) is 6.92 Å². The molecule has 0 aliphatic carbocycles. The van der Waals surface area contributed by atoms with Gasteiger partial charge < -0.3 is 4.74 Å². The van der Waals surface area contributed by atoms with Crippen molar-refractivity contribution in [3.05, 3.63) is 65.7 Å². The zero-order chi connectivity index (χ0) is 13.7. The highest BCUT2D eigenvalue weighted by atomic mass is 16.6. The van der Waals surface area contributed by atoms with Gasteiger partial charge >= 0.3 is 6.09 Å². The predicted molar refractivity (Wildman–Crippen MR) is 76.2 cm³/mol. The van der Waals surface area contributed by atoms with Crippen molar-refractivity contribution in [3.63, 3.8) is 0 Å². The van der Waals surface area contributed by atoms with E-state index in [0.717, 1.165) is 16.8 Å². The fraction of sp³-hybridized carbons (Fsp3) is 0.188. The molecule has 0 fully saturated rings. The Balaban J connectivity index is 1.99. The Morgan fingerprint density at radius 3 is 2.37 bits per heavy atom. The number of rotatable bonds is 3. The molecule has 0 saturated carbocycles. The summed E-state index contributed by atoms with van der Waals surface area (Å²) in [6.07, 6.45) is -0.349. The zero-order valence-corrected chi connectivity index (χ0v) is 11.2. The molecule has 0 aliphatic rings. The molecule has 3 nitrogen and oxygen atoms in total. The summed E-state index contributed by atoms with van der Waals surface area (Å²) in [6.45, 7) is 2.26. The van der Waals surface area contributed by atoms with Gasteiger partial charge in [0.05, 0.1) is 0 Å². The molecule has 98 valence electrons. The summed E-state index contributed by atoms with van der Waals surface area (Å²) < 4.78 is 5.29. The second kappa shape index (κ2) is 6.05. The summed E-state index contributed by atoms with van der Waals surface area (Å²) in [5.41, 5.74) is 2.89. The molecular formula is C16H17NO2. The van der Waals surface area contributed by atoms with Crippen LogP contribution in [0.4, 0.5) is 10.5 Å². The summed E-state index contributed by atoms with van der Waals surface area (Å²) in [7, 11) is 1.72. The van der Waals surface area contributed by atoms with E-state index in [0.29, 0.717) is 0 Å². The van der Waals surface area contributed by atoms with E-state index in [9.17, 15) is 4.79 Å². The molecule has 0 N–H and O–H groups in total. The Labute approximate surface area is 113 Å². The van der Waals surface area contributed by atoms with Gasteiger partial charge in [-0.2, -0.15) is 0 Å². The first-order chi connectivity index (χ1) is 9.18. The molecule has 0 aliphatic heterocycles. The lowest BCUT2D eigenvalue weighted by molar-refractivity contribution is 0.148. The number of amides is 1. The SMILES string of the molecule is Cc1ccccc1N(C)C(=O)OCc1ccccc1. The quantitative estimate of drug-likeness (QED) is 0.835. The average molecular weight is 255 g/mol. The number of hydrogen-bond acceptors (Lipinski definition) is 2. The van der Waals surface area contributed by atoms with E-state index in [1.54, 1.807) is 7.05 Å². The van der Waals surface area contributed by atoms with Gasteiger partial charge in [-0.3, -0.25) is 4.90 Å². The molecule has 0 aromatic heterocycles. The Morgan fingerprint density at radius 2 is 1.68 bits per heavy atom. The van der Waals surface area contributed by atoms with Crippen molar-refractivity contribution in [2.24, 2.45) is 0 Å². The summed E-state index contributed by atoms with van der Waals surface area (Å²) in [5.74, 6) is 0. The molecule has 3 heteroatoms. The lowest BCUT2D eigenvalue weighted by Gasteiger charge is -2.19. The number of benzene rings is 2. The van der Waals surface area contributed by atoms with Gasteiger partial charge in [0.15, 0.2) is 0 Å². The Kier molecular flexibility index (Phi) is 4.18. The third kappa shape index (κ3) is 3.35. The van der Waals surface area contributed by atoms with Crippen molar-refractivity contribution >= 4 is 11.8 Å². The van der Waals surface area contributed by atoms with Crippen LogP contribution in [0.2, 0.25) is 0 Å². The van der Waals surface area contributed by atoms with Crippen LogP contribution in [0.15, 0.2) is 54.6 Å². The number of carbonyl (C=O) groups is 1. The standard InChI is InChI=1S/C16H17NO2/c1-13-8-6-7-11-15(13)17(2)16(18)19-12-14-9-4-3-5-10-14/h3-11H,12H2,1-2H3. The molecular weight excluding hydrogens is 238 g/mol. The second-order valence-corrected chi connectivity index (χ2v) is 4.39. The van der Waals surface area contributed by atoms with Crippen LogP contribution in [0.3, 0.4) is 0 Å². The van der Waals surface area contributed by atoms with Crippen molar-refractivity contribution in [1.29, 1.82) is 0 Å². The highest BCUT2D eigenvalue weighted by molar-refractivity contribution is 5.87. The molecule has 2 aromatic carbocycles. The minimum absolute atomic E-state index is 0.288. The van der Waals surface area contributed by atoms with Gasteiger partial charge in [-0.25, -0.2) is 4.79 Å². The number of ether oxygens (including phenoxy) is 1. The highest BCUT2D eigenvalue weighted by Gasteiger charge is 2.13. The normalized spacial score (nSPS) is 10.0. The third-order valence-corrected chi connectivity index (χ3v) is 2.96. The summed E-state index contributed by atoms with van der Waals surface area (Å²) >= 11 is 0. The number of para-hydroxylation sites is 1. The lowest BCUT2D eigenvalue weighted by Crippen LogP contribution is -2.27. The monoisotopic (exact) mass is 255 g/mol. The highest BCUT2D eigenvalue weighted by Crippen LogP contribution is 2.18. The van der Waals surface area contributed by atoms with E-state index in [1.165, 1.54) is 4.90 Å². The van der Waals surface area contributed by atoms with Gasteiger partial charge in [0, 0.05) is 12.7 Å². The van der Waals surface area contributed by atoms with Crippen LogP contribution in [0.1, 0.15) is 11.1 Å². The van der Waals surface area contributed by atoms with E-state index in [4.69, 9.17) is 4.74 Å². The second-order valence-electron chi connectivity index (χ2n) is 4.39. The first kappa shape index (κ1) is 13.1. The van der Waals surface area contributed by atoms with E-state index in [1.807, 2.05) is 61.5 Å². The molecule has 0 atom stereocenters. The van der Waals surface area contributed by atoms with E-state index >= 15 is 0 Å². The van der Waals surface area contributed by atoms with Gasteiger partial charge in [0.2, 0.25) is 0 Å². The molecule has 0 heterocycles.